The molecule has 0 heterocycles. The Bertz CT molecular complexity index is 387. The fraction of sp³-hybridized carbons (Fsp3) is 0.714. The highest BCUT2D eigenvalue weighted by atomic mass is 32.2. The van der Waals surface area contributed by atoms with Crippen molar-refractivity contribution in [1.29, 1.82) is 0 Å². The molecule has 0 N–H and O–H groups in total. The first kappa shape index (κ1) is 22.3. The van der Waals surface area contributed by atoms with E-state index in [1.165, 1.54) is 84.8 Å². The first-order chi connectivity index (χ1) is 11.8. The molecule has 1 rings (SSSR count). The van der Waals surface area contributed by atoms with Crippen molar-refractivity contribution in [3.05, 3.63) is 18.2 Å². The zero-order chi connectivity index (χ0) is 17.5. The minimum absolute atomic E-state index is 1.26. The van der Waals surface area contributed by atoms with Crippen molar-refractivity contribution in [2.45, 2.75) is 93.2 Å². The monoisotopic (exact) mass is 384 g/mol. The molecule has 0 amide bonds. The summed E-state index contributed by atoms with van der Waals surface area (Å²) in [6.07, 6.45) is 12.0. The minimum Gasteiger partial charge on any atom is -0.125 e. The molecule has 1 aromatic carbocycles. The highest BCUT2D eigenvalue weighted by molar-refractivity contribution is 8.03. The maximum Gasteiger partial charge on any atom is 0.0344 e. The first-order valence-corrected chi connectivity index (χ1v) is 12.8. The second-order valence-corrected chi connectivity index (χ2v) is 9.63. The van der Waals surface area contributed by atoms with Crippen LogP contribution in [0.15, 0.2) is 32.9 Å². The van der Waals surface area contributed by atoms with Gasteiger partial charge in [0, 0.05) is 14.7 Å². The largest absolute Gasteiger partial charge is 0.125 e. The molecule has 24 heavy (non-hydrogen) atoms. The van der Waals surface area contributed by atoms with Crippen molar-refractivity contribution < 1.29 is 0 Å². The lowest BCUT2D eigenvalue weighted by atomic mass is 10.3. The van der Waals surface area contributed by atoms with Crippen LogP contribution in [0.5, 0.6) is 0 Å². The molecule has 0 saturated carbocycles. The van der Waals surface area contributed by atoms with Gasteiger partial charge in [-0.1, -0.05) is 65.4 Å². The van der Waals surface area contributed by atoms with E-state index in [1.54, 1.807) is 4.90 Å². The lowest BCUT2D eigenvalue weighted by molar-refractivity contribution is 0.776. The molecule has 0 spiro atoms. The molecule has 0 unspecified atom stereocenters. The van der Waals surface area contributed by atoms with Crippen LogP contribution in [0, 0.1) is 0 Å². The summed E-state index contributed by atoms with van der Waals surface area (Å²) >= 11 is 6.25. The Kier molecular flexibility index (Phi) is 14.4. The molecule has 0 aliphatic heterocycles. The minimum atomic E-state index is 1.26. The standard InChI is InChI=1S/C21H36S3/c1-4-7-10-16-22-19-14-13-15-20(23-17-11-8-5-2)21(19)24-18-12-9-6-3/h13-15H,4-12,16-18H2,1-3H3. The number of unbranched alkanes of at least 4 members (excludes halogenated alkanes) is 6. The van der Waals surface area contributed by atoms with Crippen LogP contribution in [-0.4, -0.2) is 17.3 Å². The third-order valence-electron chi connectivity index (χ3n) is 3.95. The Hall–Kier alpha value is 0.270. The van der Waals surface area contributed by atoms with Crippen LogP contribution in [0.1, 0.15) is 78.6 Å². The van der Waals surface area contributed by atoms with Gasteiger partial charge < -0.3 is 0 Å². The van der Waals surface area contributed by atoms with Gasteiger partial charge >= 0.3 is 0 Å². The van der Waals surface area contributed by atoms with Gasteiger partial charge in [0.25, 0.3) is 0 Å². The van der Waals surface area contributed by atoms with Gasteiger partial charge in [0.2, 0.25) is 0 Å². The van der Waals surface area contributed by atoms with Crippen molar-refractivity contribution in [2.24, 2.45) is 0 Å². The molecule has 3 heteroatoms. The topological polar surface area (TPSA) is 0 Å². The van der Waals surface area contributed by atoms with Crippen LogP contribution in [-0.2, 0) is 0 Å². The average Bonchev–Trinajstić information content (AvgIpc) is 2.60. The van der Waals surface area contributed by atoms with Crippen LogP contribution in [0.25, 0.3) is 0 Å². The Morgan fingerprint density at radius 3 is 1.42 bits per heavy atom. The predicted molar refractivity (Wildman–Crippen MR) is 117 cm³/mol. The van der Waals surface area contributed by atoms with Gasteiger partial charge in [-0.15, -0.1) is 35.3 Å². The van der Waals surface area contributed by atoms with Crippen LogP contribution < -0.4 is 0 Å². The van der Waals surface area contributed by atoms with E-state index in [9.17, 15) is 0 Å². The van der Waals surface area contributed by atoms with Crippen LogP contribution in [0.2, 0.25) is 0 Å². The number of rotatable bonds is 15. The third kappa shape index (κ3) is 9.68. The van der Waals surface area contributed by atoms with Gasteiger partial charge in [-0.3, -0.25) is 0 Å². The summed E-state index contributed by atoms with van der Waals surface area (Å²) in [4.78, 5) is 4.61. The van der Waals surface area contributed by atoms with E-state index in [0.717, 1.165) is 0 Å². The van der Waals surface area contributed by atoms with Gasteiger partial charge in [0.15, 0.2) is 0 Å². The summed E-state index contributed by atoms with van der Waals surface area (Å²) in [6.45, 7) is 6.86. The Morgan fingerprint density at radius 2 is 1.00 bits per heavy atom. The molecule has 138 valence electrons. The van der Waals surface area contributed by atoms with Gasteiger partial charge in [-0.25, -0.2) is 0 Å². The Labute approximate surface area is 163 Å². The van der Waals surface area contributed by atoms with Gasteiger partial charge in [0.05, 0.1) is 0 Å². The van der Waals surface area contributed by atoms with Crippen molar-refractivity contribution in [3.63, 3.8) is 0 Å². The van der Waals surface area contributed by atoms with Crippen molar-refractivity contribution in [2.75, 3.05) is 17.3 Å². The van der Waals surface area contributed by atoms with E-state index in [2.05, 4.69) is 74.3 Å². The molecular weight excluding hydrogens is 348 g/mol. The van der Waals surface area contributed by atoms with Crippen LogP contribution >= 0.6 is 35.3 Å². The van der Waals surface area contributed by atoms with Crippen molar-refractivity contribution in [1.82, 2.24) is 0 Å². The first-order valence-electron chi connectivity index (χ1n) is 9.84. The van der Waals surface area contributed by atoms with Crippen molar-refractivity contribution >= 4 is 35.3 Å². The number of benzene rings is 1. The molecule has 0 fully saturated rings. The van der Waals surface area contributed by atoms with E-state index in [4.69, 9.17) is 0 Å². The van der Waals surface area contributed by atoms with Gasteiger partial charge in [-0.05, 0) is 48.7 Å². The summed E-state index contributed by atoms with van der Waals surface area (Å²) in [5.41, 5.74) is 0. The summed E-state index contributed by atoms with van der Waals surface area (Å²) in [5.74, 6) is 3.80. The highest BCUT2D eigenvalue weighted by Crippen LogP contribution is 2.39. The second-order valence-electron chi connectivity index (χ2n) is 6.25. The molecule has 0 nitrogen and oxygen atoms in total. The number of hydrogen-bond donors (Lipinski definition) is 0. The highest BCUT2D eigenvalue weighted by Gasteiger charge is 2.10. The van der Waals surface area contributed by atoms with Crippen LogP contribution in [0.3, 0.4) is 0 Å². The molecule has 0 saturated heterocycles. The quantitative estimate of drug-likeness (QED) is 0.219. The molecule has 0 atom stereocenters. The summed E-state index contributed by atoms with van der Waals surface area (Å²) < 4.78 is 0. The molecule has 0 radical (unpaired) electrons. The average molecular weight is 385 g/mol. The maximum atomic E-state index is 2.34. The summed E-state index contributed by atoms with van der Waals surface area (Å²) in [6, 6.07) is 6.95. The fourth-order valence-electron chi connectivity index (χ4n) is 2.46. The molecular formula is C21H36S3. The third-order valence-corrected chi connectivity index (χ3v) is 7.72. The molecule has 0 aromatic heterocycles. The molecule has 0 aliphatic rings. The van der Waals surface area contributed by atoms with E-state index >= 15 is 0 Å². The molecule has 1 aromatic rings. The van der Waals surface area contributed by atoms with Gasteiger partial charge in [0.1, 0.15) is 0 Å². The van der Waals surface area contributed by atoms with E-state index in [0.29, 0.717) is 0 Å². The second kappa shape index (κ2) is 15.5. The maximum absolute atomic E-state index is 2.34. The lowest BCUT2D eigenvalue weighted by Gasteiger charge is -2.14. The SMILES string of the molecule is CCCCCSc1cccc(SCCCCC)c1SCCCCC. The van der Waals surface area contributed by atoms with E-state index in [1.807, 2.05) is 0 Å². The molecule has 0 bridgehead atoms. The van der Waals surface area contributed by atoms with E-state index < -0.39 is 0 Å². The number of thioether (sulfide) groups is 3. The van der Waals surface area contributed by atoms with E-state index in [-0.39, 0.29) is 0 Å². The normalized spacial score (nSPS) is 11.1. The fourth-order valence-corrected chi connectivity index (χ4v) is 6.17. The van der Waals surface area contributed by atoms with Crippen LogP contribution in [0.4, 0.5) is 0 Å². The Balaban J connectivity index is 2.67. The zero-order valence-corrected chi connectivity index (χ0v) is 18.4. The summed E-state index contributed by atoms with van der Waals surface area (Å²) in [5, 5.41) is 0. The van der Waals surface area contributed by atoms with Crippen molar-refractivity contribution in [3.8, 4) is 0 Å². The Morgan fingerprint density at radius 1 is 0.583 bits per heavy atom. The summed E-state index contributed by atoms with van der Waals surface area (Å²) in [7, 11) is 0. The lowest BCUT2D eigenvalue weighted by Crippen LogP contribution is -1.90. The predicted octanol–water partition coefficient (Wildman–Crippen LogP) is 8.53. The zero-order valence-electron chi connectivity index (χ0n) is 15.9. The van der Waals surface area contributed by atoms with Gasteiger partial charge in [-0.2, -0.15) is 0 Å². The smallest absolute Gasteiger partial charge is 0.0344 e. The number of hydrogen-bond acceptors (Lipinski definition) is 3. The molecule has 0 aliphatic carbocycles.